The zero-order valence-electron chi connectivity index (χ0n) is 10.6. The van der Waals surface area contributed by atoms with Crippen LogP contribution in [-0.2, 0) is 0 Å². The van der Waals surface area contributed by atoms with Gasteiger partial charge in [0.05, 0.1) is 12.5 Å². The van der Waals surface area contributed by atoms with Crippen molar-refractivity contribution in [3.05, 3.63) is 72.4 Å². The first-order chi connectivity index (χ1) is 9.24. The van der Waals surface area contributed by atoms with Gasteiger partial charge >= 0.3 is 0 Å². The lowest BCUT2D eigenvalue weighted by Gasteiger charge is -2.04. The minimum absolute atomic E-state index is 0.232. The summed E-state index contributed by atoms with van der Waals surface area (Å²) >= 11 is 0. The van der Waals surface area contributed by atoms with Gasteiger partial charge in [-0.3, -0.25) is 0 Å². The summed E-state index contributed by atoms with van der Waals surface area (Å²) < 4.78 is 18.3. The second kappa shape index (κ2) is 4.73. The molecule has 0 spiro atoms. The fourth-order valence-corrected chi connectivity index (χ4v) is 2.11. The first-order valence-corrected chi connectivity index (χ1v) is 6.13. The maximum atomic E-state index is 13.0. The Labute approximate surface area is 111 Å². The molecule has 2 heteroatoms. The van der Waals surface area contributed by atoms with Crippen LogP contribution in [0.25, 0.3) is 22.3 Å². The molecule has 3 rings (SSSR count). The molecule has 1 nitrogen and oxygen atoms in total. The molecule has 0 radical (unpaired) electrons. The van der Waals surface area contributed by atoms with E-state index in [1.54, 1.807) is 24.7 Å². The van der Waals surface area contributed by atoms with E-state index in [1.165, 1.54) is 17.7 Å². The highest BCUT2D eigenvalue weighted by molar-refractivity contribution is 5.82. The summed E-state index contributed by atoms with van der Waals surface area (Å²) in [4.78, 5) is 0. The Kier molecular flexibility index (Phi) is 2.92. The largest absolute Gasteiger partial charge is 0.471 e. The highest BCUT2D eigenvalue weighted by Gasteiger charge is 2.09. The Morgan fingerprint density at radius 2 is 1.21 bits per heavy atom. The Hall–Kier alpha value is -2.35. The number of halogens is 1. The van der Waals surface area contributed by atoms with Crippen LogP contribution in [0.1, 0.15) is 5.56 Å². The molecule has 0 N–H and O–H groups in total. The molecule has 0 fully saturated rings. The molecule has 0 saturated heterocycles. The zero-order chi connectivity index (χ0) is 13.2. The van der Waals surface area contributed by atoms with Gasteiger partial charge in [-0.1, -0.05) is 42.0 Å². The molecular weight excluding hydrogens is 239 g/mol. The monoisotopic (exact) mass is 252 g/mol. The van der Waals surface area contributed by atoms with Crippen molar-refractivity contribution in [1.82, 2.24) is 0 Å². The summed E-state index contributed by atoms with van der Waals surface area (Å²) in [5.41, 5.74) is 5.26. The quantitative estimate of drug-likeness (QED) is 0.621. The van der Waals surface area contributed by atoms with E-state index in [0.717, 1.165) is 22.3 Å². The lowest BCUT2D eigenvalue weighted by atomic mass is 9.98. The van der Waals surface area contributed by atoms with Gasteiger partial charge in [-0.25, -0.2) is 4.39 Å². The van der Waals surface area contributed by atoms with Gasteiger partial charge in [0.2, 0.25) is 0 Å². The second-order valence-corrected chi connectivity index (χ2v) is 4.57. The third-order valence-corrected chi connectivity index (χ3v) is 3.18. The van der Waals surface area contributed by atoms with E-state index in [4.69, 9.17) is 4.42 Å². The lowest BCUT2D eigenvalue weighted by Crippen LogP contribution is -1.81. The molecular formula is C17H13FO. The summed E-state index contributed by atoms with van der Waals surface area (Å²) in [6.45, 7) is 2.06. The van der Waals surface area contributed by atoms with Crippen LogP contribution in [0.15, 0.2) is 65.5 Å². The van der Waals surface area contributed by atoms with Gasteiger partial charge in [0.1, 0.15) is 5.82 Å². The Bertz CT molecular complexity index is 618. The van der Waals surface area contributed by atoms with Crippen molar-refractivity contribution in [2.24, 2.45) is 0 Å². The fourth-order valence-electron chi connectivity index (χ4n) is 2.11. The first kappa shape index (κ1) is 11.7. The van der Waals surface area contributed by atoms with E-state index in [1.807, 2.05) is 0 Å². The van der Waals surface area contributed by atoms with Crippen LogP contribution in [0.5, 0.6) is 0 Å². The van der Waals surface area contributed by atoms with Gasteiger partial charge in [0.15, 0.2) is 0 Å². The van der Waals surface area contributed by atoms with E-state index in [-0.39, 0.29) is 5.82 Å². The Morgan fingerprint density at radius 3 is 1.74 bits per heavy atom. The summed E-state index contributed by atoms with van der Waals surface area (Å²) in [5.74, 6) is -0.232. The minimum atomic E-state index is -0.232. The van der Waals surface area contributed by atoms with Crippen LogP contribution in [0.2, 0.25) is 0 Å². The molecule has 0 aliphatic rings. The van der Waals surface area contributed by atoms with Gasteiger partial charge < -0.3 is 4.42 Å². The highest BCUT2D eigenvalue weighted by Crippen LogP contribution is 2.33. The van der Waals surface area contributed by atoms with Crippen molar-refractivity contribution in [2.45, 2.75) is 6.92 Å². The fraction of sp³-hybridized carbons (Fsp3) is 0.0588. The SMILES string of the molecule is Cc1ccc(-c2cocc2-c2ccc(F)cc2)cc1. The summed E-state index contributed by atoms with van der Waals surface area (Å²) in [7, 11) is 0. The second-order valence-electron chi connectivity index (χ2n) is 4.57. The van der Waals surface area contributed by atoms with Crippen LogP contribution < -0.4 is 0 Å². The van der Waals surface area contributed by atoms with Crippen LogP contribution >= 0.6 is 0 Å². The molecule has 19 heavy (non-hydrogen) atoms. The van der Waals surface area contributed by atoms with E-state index < -0.39 is 0 Å². The van der Waals surface area contributed by atoms with Crippen molar-refractivity contribution >= 4 is 0 Å². The number of rotatable bonds is 2. The van der Waals surface area contributed by atoms with Gasteiger partial charge in [-0.15, -0.1) is 0 Å². The van der Waals surface area contributed by atoms with E-state index >= 15 is 0 Å². The van der Waals surface area contributed by atoms with E-state index in [9.17, 15) is 4.39 Å². The smallest absolute Gasteiger partial charge is 0.123 e. The molecule has 0 amide bonds. The zero-order valence-corrected chi connectivity index (χ0v) is 10.6. The van der Waals surface area contributed by atoms with Crippen molar-refractivity contribution in [3.63, 3.8) is 0 Å². The summed E-state index contributed by atoms with van der Waals surface area (Å²) in [6, 6.07) is 14.7. The third-order valence-electron chi connectivity index (χ3n) is 3.18. The minimum Gasteiger partial charge on any atom is -0.471 e. The van der Waals surface area contributed by atoms with Gasteiger partial charge in [-0.05, 0) is 30.2 Å². The average Bonchev–Trinajstić information content (AvgIpc) is 2.90. The Morgan fingerprint density at radius 1 is 0.737 bits per heavy atom. The number of furan rings is 1. The molecule has 2 aromatic carbocycles. The molecule has 0 bridgehead atoms. The Balaban J connectivity index is 2.07. The maximum Gasteiger partial charge on any atom is 0.123 e. The predicted molar refractivity (Wildman–Crippen MR) is 74.3 cm³/mol. The van der Waals surface area contributed by atoms with E-state index in [0.29, 0.717) is 0 Å². The molecule has 0 aliphatic heterocycles. The topological polar surface area (TPSA) is 13.1 Å². The maximum absolute atomic E-state index is 13.0. The molecule has 1 aromatic heterocycles. The number of benzene rings is 2. The number of aryl methyl sites for hydroxylation is 1. The average molecular weight is 252 g/mol. The normalized spacial score (nSPS) is 10.6. The van der Waals surface area contributed by atoms with Gasteiger partial charge in [0.25, 0.3) is 0 Å². The number of hydrogen-bond acceptors (Lipinski definition) is 1. The summed E-state index contributed by atoms with van der Waals surface area (Å²) in [5, 5.41) is 0. The molecule has 0 aliphatic carbocycles. The van der Waals surface area contributed by atoms with Crippen molar-refractivity contribution in [3.8, 4) is 22.3 Å². The molecule has 0 unspecified atom stereocenters. The van der Waals surface area contributed by atoms with E-state index in [2.05, 4.69) is 31.2 Å². The third kappa shape index (κ3) is 2.29. The van der Waals surface area contributed by atoms with Crippen LogP contribution in [0.3, 0.4) is 0 Å². The highest BCUT2D eigenvalue weighted by atomic mass is 19.1. The molecule has 3 aromatic rings. The number of hydrogen-bond donors (Lipinski definition) is 0. The first-order valence-electron chi connectivity index (χ1n) is 6.13. The van der Waals surface area contributed by atoms with Crippen molar-refractivity contribution < 1.29 is 8.81 Å². The van der Waals surface area contributed by atoms with Crippen molar-refractivity contribution in [1.29, 1.82) is 0 Å². The molecule has 0 saturated carbocycles. The predicted octanol–water partition coefficient (Wildman–Crippen LogP) is 5.06. The van der Waals surface area contributed by atoms with Crippen LogP contribution in [0.4, 0.5) is 4.39 Å². The van der Waals surface area contributed by atoms with Gasteiger partial charge in [-0.2, -0.15) is 0 Å². The van der Waals surface area contributed by atoms with Crippen LogP contribution in [0, 0.1) is 12.7 Å². The standard InChI is InChI=1S/C17H13FO/c1-12-2-4-13(5-3-12)16-10-19-11-17(16)14-6-8-15(18)9-7-14/h2-11H,1H3. The molecule has 1 heterocycles. The van der Waals surface area contributed by atoms with Gasteiger partial charge in [0, 0.05) is 11.1 Å². The molecule has 94 valence electrons. The summed E-state index contributed by atoms with van der Waals surface area (Å²) in [6.07, 6.45) is 3.42. The van der Waals surface area contributed by atoms with Crippen molar-refractivity contribution in [2.75, 3.05) is 0 Å². The van der Waals surface area contributed by atoms with Crippen LogP contribution in [-0.4, -0.2) is 0 Å². The molecule has 0 atom stereocenters. The lowest BCUT2D eigenvalue weighted by molar-refractivity contribution is 0.569.